The lowest BCUT2D eigenvalue weighted by atomic mass is 9.87. The molecule has 27 heavy (non-hydrogen) atoms. The van der Waals surface area contributed by atoms with E-state index in [-0.39, 0.29) is 25.5 Å². The lowest BCUT2D eigenvalue weighted by Gasteiger charge is -2.29. The Bertz CT molecular complexity index is 567. The molecular weight excluding hydrogens is 381 g/mol. The molecule has 158 valence electrons. The molecule has 2 unspecified atom stereocenters. The van der Waals surface area contributed by atoms with Crippen LogP contribution >= 0.6 is 7.82 Å². The third kappa shape index (κ3) is 11.0. The molecule has 0 saturated carbocycles. The van der Waals surface area contributed by atoms with Crippen LogP contribution in [0.4, 0.5) is 0 Å². The molecule has 2 amide bonds. The molecule has 0 bridgehead atoms. The van der Waals surface area contributed by atoms with Gasteiger partial charge in [0, 0.05) is 38.5 Å². The smallest absolute Gasteiger partial charge is 0.399 e. The van der Waals surface area contributed by atoms with Gasteiger partial charge >= 0.3 is 7.82 Å². The molecule has 0 aromatic heterocycles. The fraction of sp³-hybridized carbons (Fsp3) is 0.800. The van der Waals surface area contributed by atoms with Crippen molar-refractivity contribution in [1.82, 2.24) is 10.6 Å². The van der Waals surface area contributed by atoms with Crippen LogP contribution in [0.5, 0.6) is 0 Å². The molecule has 0 aliphatic rings. The van der Waals surface area contributed by atoms with Gasteiger partial charge in [-0.2, -0.15) is 0 Å². The Morgan fingerprint density at radius 1 is 1.19 bits per heavy atom. The summed E-state index contributed by atoms with van der Waals surface area (Å²) in [5.41, 5.74) is -0.416. The predicted molar refractivity (Wildman–Crippen MR) is 97.9 cm³/mol. The summed E-state index contributed by atoms with van der Waals surface area (Å²) in [6, 6.07) is 0. The van der Waals surface area contributed by atoms with Crippen molar-refractivity contribution >= 4 is 25.3 Å². The van der Waals surface area contributed by atoms with Crippen LogP contribution in [0, 0.1) is 5.41 Å². The van der Waals surface area contributed by atoms with Crippen molar-refractivity contribution < 1.29 is 38.0 Å². The largest absolute Gasteiger partial charge is 0.471 e. The highest BCUT2D eigenvalue weighted by atomic mass is 31.2. The number of hydrogen-bond donors (Lipinski definition) is 4. The summed E-state index contributed by atoms with van der Waals surface area (Å²) >= 11 is 0. The van der Waals surface area contributed by atoms with Gasteiger partial charge in [0.1, 0.15) is 13.2 Å². The van der Waals surface area contributed by atoms with Gasteiger partial charge in [0.05, 0.1) is 12.3 Å². The molecule has 0 spiro atoms. The van der Waals surface area contributed by atoms with Crippen LogP contribution in [0.1, 0.15) is 33.6 Å². The van der Waals surface area contributed by atoms with E-state index < -0.39 is 25.2 Å². The third-order valence-electron chi connectivity index (χ3n) is 3.53. The second-order valence-electron chi connectivity index (χ2n) is 6.47. The number of phosphoric acid groups is 1. The van der Waals surface area contributed by atoms with Crippen LogP contribution in [-0.2, 0) is 28.0 Å². The summed E-state index contributed by atoms with van der Waals surface area (Å²) in [5.74, 6) is -0.983. The number of rotatable bonds is 13. The van der Waals surface area contributed by atoms with Crippen molar-refractivity contribution in [3.63, 3.8) is 0 Å². The monoisotopic (exact) mass is 411 g/mol. The van der Waals surface area contributed by atoms with Crippen molar-refractivity contribution in [2.75, 3.05) is 33.9 Å². The van der Waals surface area contributed by atoms with E-state index >= 15 is 0 Å². The van der Waals surface area contributed by atoms with Crippen LogP contribution in [-0.4, -0.2) is 67.5 Å². The third-order valence-corrected chi connectivity index (χ3v) is 4.44. The minimum absolute atomic E-state index is 0.0281. The lowest BCUT2D eigenvalue weighted by Crippen LogP contribution is -2.46. The van der Waals surface area contributed by atoms with Crippen molar-refractivity contribution in [2.45, 2.75) is 39.7 Å². The van der Waals surface area contributed by atoms with Gasteiger partial charge in [-0.15, -0.1) is 0 Å². The number of carbonyl (C=O) groups excluding carboxylic acids is 2. The normalized spacial score (nSPS) is 15.6. The van der Waals surface area contributed by atoms with Crippen LogP contribution in [0.3, 0.4) is 0 Å². The Labute approximate surface area is 159 Å². The van der Waals surface area contributed by atoms with Gasteiger partial charge in [0.25, 0.3) is 0 Å². The number of phosphoric ester groups is 1. The fourth-order valence-electron chi connectivity index (χ4n) is 1.80. The average Bonchev–Trinajstić information content (AvgIpc) is 2.59. The van der Waals surface area contributed by atoms with E-state index in [1.54, 1.807) is 6.92 Å². The number of oxime groups is 1. The summed E-state index contributed by atoms with van der Waals surface area (Å²) in [4.78, 5) is 37.5. The zero-order valence-corrected chi connectivity index (χ0v) is 17.2. The van der Waals surface area contributed by atoms with Crippen LogP contribution in [0.25, 0.3) is 0 Å². The molecular formula is C15H30N3O8P. The highest BCUT2D eigenvalue weighted by Gasteiger charge is 2.36. The topological polar surface area (TPSA) is 156 Å². The second kappa shape index (κ2) is 12.0. The number of nitrogens with zero attached hydrogens (tertiary/aromatic N) is 1. The van der Waals surface area contributed by atoms with Crippen molar-refractivity contribution in [3.05, 3.63) is 0 Å². The van der Waals surface area contributed by atoms with Crippen LogP contribution in [0.2, 0.25) is 0 Å². The number of nitrogens with one attached hydrogen (secondary N) is 2. The summed E-state index contributed by atoms with van der Waals surface area (Å²) in [6.07, 6.45) is -0.939. The Hall–Kier alpha value is -1.52. The Morgan fingerprint density at radius 3 is 2.33 bits per heavy atom. The first-order chi connectivity index (χ1) is 12.4. The first-order valence-corrected chi connectivity index (χ1v) is 9.77. The molecule has 4 N–H and O–H groups in total. The number of amides is 2. The minimum atomic E-state index is -4.21. The van der Waals surface area contributed by atoms with E-state index in [2.05, 4.69) is 25.2 Å². The Morgan fingerprint density at radius 2 is 1.78 bits per heavy atom. The summed E-state index contributed by atoms with van der Waals surface area (Å²) < 4.78 is 20.3. The quantitative estimate of drug-likeness (QED) is 0.190. The molecule has 2 atom stereocenters. The molecule has 12 heteroatoms. The summed E-state index contributed by atoms with van der Waals surface area (Å²) in [7, 11) is -1.76. The van der Waals surface area contributed by atoms with Crippen LogP contribution in [0.15, 0.2) is 5.16 Å². The molecule has 0 rings (SSSR count). The highest BCUT2D eigenvalue weighted by Crippen LogP contribution is 2.43. The van der Waals surface area contributed by atoms with Gasteiger partial charge in [-0.25, -0.2) is 4.57 Å². The van der Waals surface area contributed by atoms with Gasteiger partial charge in [0.15, 0.2) is 0 Å². The van der Waals surface area contributed by atoms with E-state index in [1.165, 1.54) is 21.0 Å². The zero-order valence-electron chi connectivity index (χ0n) is 16.4. The van der Waals surface area contributed by atoms with Crippen LogP contribution < -0.4 is 10.6 Å². The van der Waals surface area contributed by atoms with E-state index in [9.17, 15) is 24.2 Å². The highest BCUT2D eigenvalue weighted by molar-refractivity contribution is 7.47. The van der Waals surface area contributed by atoms with Gasteiger partial charge in [-0.3, -0.25) is 18.6 Å². The summed E-state index contributed by atoms with van der Waals surface area (Å²) in [5, 5.41) is 18.9. The molecule has 0 aliphatic carbocycles. The van der Waals surface area contributed by atoms with E-state index in [1.807, 2.05) is 0 Å². The number of hydrogen-bond acceptors (Lipinski definition) is 8. The number of aliphatic hydroxyl groups excluding tert-OH is 1. The fourth-order valence-corrected chi connectivity index (χ4v) is 2.40. The maximum atomic E-state index is 12.0. The van der Waals surface area contributed by atoms with E-state index in [0.29, 0.717) is 13.0 Å². The Kier molecular flexibility index (Phi) is 11.4. The molecule has 0 aliphatic heterocycles. The van der Waals surface area contributed by atoms with Crippen molar-refractivity contribution in [3.8, 4) is 0 Å². The Balaban J connectivity index is 4.23. The van der Waals surface area contributed by atoms with E-state index in [0.717, 1.165) is 12.8 Å². The number of aliphatic hydroxyl groups is 1. The molecule has 0 fully saturated rings. The molecule has 0 aromatic rings. The van der Waals surface area contributed by atoms with Crippen molar-refractivity contribution in [1.29, 1.82) is 0 Å². The maximum absolute atomic E-state index is 12.0. The lowest BCUT2D eigenvalue weighted by molar-refractivity contribution is -0.137. The van der Waals surface area contributed by atoms with Gasteiger partial charge in [-0.1, -0.05) is 19.0 Å². The number of carbonyl (C=O) groups is 2. The molecule has 0 radical (unpaired) electrons. The summed E-state index contributed by atoms with van der Waals surface area (Å²) in [6.45, 7) is 4.78. The van der Waals surface area contributed by atoms with Gasteiger partial charge in [0.2, 0.25) is 11.8 Å². The predicted octanol–water partition coefficient (Wildman–Crippen LogP) is 0.172. The molecule has 11 nitrogen and oxygen atoms in total. The maximum Gasteiger partial charge on any atom is 0.471 e. The molecule has 0 heterocycles. The SMILES string of the molecule is CO/N=C(\C)CCNC(=O)CCNC(=O)C(O)C(C)(C)COP(=O)(O)OC. The second-order valence-corrected chi connectivity index (χ2v) is 8.03. The first kappa shape index (κ1) is 25.5. The van der Waals surface area contributed by atoms with Gasteiger partial charge in [-0.05, 0) is 6.92 Å². The standard InChI is InChI=1S/C15H30N3O8P/c1-11(18-24-4)6-8-16-12(19)7-9-17-14(21)13(20)15(2,3)10-26-27(22,23)25-5/h13,20H,6-10H2,1-5H3,(H,16,19)(H,17,21)(H,22,23)/b18-11+. The van der Waals surface area contributed by atoms with Crippen molar-refractivity contribution in [2.24, 2.45) is 10.6 Å². The molecule has 0 aromatic carbocycles. The average molecular weight is 411 g/mol. The minimum Gasteiger partial charge on any atom is -0.399 e. The first-order valence-electron chi connectivity index (χ1n) is 8.27. The molecule has 0 saturated heterocycles. The van der Waals surface area contributed by atoms with Gasteiger partial charge < -0.3 is 25.5 Å². The zero-order chi connectivity index (χ0) is 21.1. The van der Waals surface area contributed by atoms with E-state index in [4.69, 9.17) is 4.52 Å².